The van der Waals surface area contributed by atoms with E-state index in [-0.39, 0.29) is 0 Å². The van der Waals surface area contributed by atoms with Crippen molar-refractivity contribution < 1.29 is 5.11 Å². The van der Waals surface area contributed by atoms with Crippen molar-refractivity contribution in [1.82, 2.24) is 0 Å². The standard InChI is InChI=1S/C16H17NOS/c1-3-14-8-9-15(19-14)10-16(2,18)13-6-4-12(11-17)5-7-13/h4-9,18H,3,10H2,1-2H3. The Hall–Kier alpha value is -1.63. The highest BCUT2D eigenvalue weighted by molar-refractivity contribution is 7.12. The smallest absolute Gasteiger partial charge is 0.0991 e. The predicted molar refractivity (Wildman–Crippen MR) is 78.1 cm³/mol. The van der Waals surface area contributed by atoms with Gasteiger partial charge >= 0.3 is 0 Å². The summed E-state index contributed by atoms with van der Waals surface area (Å²) in [4.78, 5) is 2.52. The number of hydrogen-bond acceptors (Lipinski definition) is 3. The van der Waals surface area contributed by atoms with Gasteiger partial charge in [-0.2, -0.15) is 5.26 Å². The van der Waals surface area contributed by atoms with E-state index in [1.807, 2.05) is 19.1 Å². The zero-order valence-electron chi connectivity index (χ0n) is 11.2. The molecule has 0 aliphatic heterocycles. The molecule has 1 aromatic heterocycles. The molecular formula is C16H17NOS. The van der Waals surface area contributed by atoms with E-state index in [2.05, 4.69) is 25.1 Å². The Morgan fingerprint density at radius 1 is 1.16 bits per heavy atom. The second-order valence-electron chi connectivity index (χ2n) is 4.86. The summed E-state index contributed by atoms with van der Waals surface area (Å²) >= 11 is 1.75. The number of hydrogen-bond donors (Lipinski definition) is 1. The lowest BCUT2D eigenvalue weighted by Gasteiger charge is -2.23. The molecule has 1 atom stereocenters. The molecule has 2 nitrogen and oxygen atoms in total. The fourth-order valence-corrected chi connectivity index (χ4v) is 3.16. The van der Waals surface area contributed by atoms with E-state index in [0.29, 0.717) is 12.0 Å². The van der Waals surface area contributed by atoms with Crippen molar-refractivity contribution in [2.24, 2.45) is 0 Å². The van der Waals surface area contributed by atoms with Crippen LogP contribution in [0.3, 0.4) is 0 Å². The van der Waals surface area contributed by atoms with Crippen LogP contribution in [0.15, 0.2) is 36.4 Å². The molecule has 0 saturated heterocycles. The van der Waals surface area contributed by atoms with Crippen LogP contribution in [0.25, 0.3) is 0 Å². The molecule has 0 saturated carbocycles. The summed E-state index contributed by atoms with van der Waals surface area (Å²) < 4.78 is 0. The second-order valence-corrected chi connectivity index (χ2v) is 6.11. The normalized spacial score (nSPS) is 13.8. The van der Waals surface area contributed by atoms with Crippen molar-refractivity contribution in [1.29, 1.82) is 5.26 Å². The molecule has 2 rings (SSSR count). The van der Waals surface area contributed by atoms with E-state index in [1.165, 1.54) is 9.75 Å². The lowest BCUT2D eigenvalue weighted by atomic mass is 9.91. The van der Waals surface area contributed by atoms with Gasteiger partial charge in [0, 0.05) is 16.2 Å². The van der Waals surface area contributed by atoms with Crippen LogP contribution in [0.4, 0.5) is 0 Å². The van der Waals surface area contributed by atoms with Gasteiger partial charge in [0.1, 0.15) is 0 Å². The molecule has 1 heterocycles. The van der Waals surface area contributed by atoms with E-state index in [1.54, 1.807) is 23.5 Å². The highest BCUT2D eigenvalue weighted by atomic mass is 32.1. The maximum absolute atomic E-state index is 10.6. The maximum Gasteiger partial charge on any atom is 0.0991 e. The highest BCUT2D eigenvalue weighted by Crippen LogP contribution is 2.29. The maximum atomic E-state index is 10.6. The number of rotatable bonds is 4. The minimum Gasteiger partial charge on any atom is -0.385 e. The fraction of sp³-hybridized carbons (Fsp3) is 0.312. The predicted octanol–water partition coefficient (Wildman–Crippen LogP) is 3.63. The van der Waals surface area contributed by atoms with E-state index in [0.717, 1.165) is 12.0 Å². The third-order valence-corrected chi connectivity index (χ3v) is 4.45. The van der Waals surface area contributed by atoms with Crippen molar-refractivity contribution >= 4 is 11.3 Å². The summed E-state index contributed by atoms with van der Waals surface area (Å²) in [5.41, 5.74) is 0.561. The minimum absolute atomic E-state index is 0.601. The summed E-state index contributed by atoms with van der Waals surface area (Å²) in [6.07, 6.45) is 1.63. The van der Waals surface area contributed by atoms with Gasteiger partial charge in [0.25, 0.3) is 0 Å². The van der Waals surface area contributed by atoms with Crippen LogP contribution in [0.2, 0.25) is 0 Å². The molecular weight excluding hydrogens is 254 g/mol. The number of nitriles is 1. The molecule has 0 aliphatic carbocycles. The average molecular weight is 271 g/mol. The molecule has 0 bridgehead atoms. The average Bonchev–Trinajstić information content (AvgIpc) is 2.85. The highest BCUT2D eigenvalue weighted by Gasteiger charge is 2.24. The van der Waals surface area contributed by atoms with Gasteiger partial charge in [-0.1, -0.05) is 19.1 Å². The first kappa shape index (κ1) is 13.8. The van der Waals surface area contributed by atoms with Gasteiger partial charge in [0.2, 0.25) is 0 Å². The number of thiophene rings is 1. The molecule has 0 fully saturated rings. The Morgan fingerprint density at radius 3 is 2.32 bits per heavy atom. The molecule has 0 amide bonds. The van der Waals surface area contributed by atoms with Crippen molar-refractivity contribution in [2.75, 3.05) is 0 Å². The van der Waals surface area contributed by atoms with Crippen molar-refractivity contribution in [3.05, 3.63) is 57.3 Å². The van der Waals surface area contributed by atoms with Crippen LogP contribution in [0, 0.1) is 11.3 Å². The zero-order chi connectivity index (χ0) is 13.9. The molecule has 0 spiro atoms. The van der Waals surface area contributed by atoms with Crippen LogP contribution in [-0.2, 0) is 18.4 Å². The summed E-state index contributed by atoms with van der Waals surface area (Å²) in [6.45, 7) is 3.95. The van der Waals surface area contributed by atoms with Crippen molar-refractivity contribution in [2.45, 2.75) is 32.3 Å². The Morgan fingerprint density at radius 2 is 1.79 bits per heavy atom. The number of aryl methyl sites for hydroxylation is 1. The fourth-order valence-electron chi connectivity index (χ4n) is 2.05. The monoisotopic (exact) mass is 271 g/mol. The Bertz CT molecular complexity index is 590. The van der Waals surface area contributed by atoms with E-state index in [4.69, 9.17) is 5.26 Å². The molecule has 1 N–H and O–H groups in total. The van der Waals surface area contributed by atoms with Gasteiger partial charge in [0.05, 0.1) is 17.2 Å². The largest absolute Gasteiger partial charge is 0.385 e. The number of benzene rings is 1. The van der Waals surface area contributed by atoms with Crippen molar-refractivity contribution in [3.8, 4) is 6.07 Å². The Balaban J connectivity index is 2.18. The molecule has 19 heavy (non-hydrogen) atoms. The molecule has 0 radical (unpaired) electrons. The topological polar surface area (TPSA) is 44.0 Å². The first-order chi connectivity index (χ1) is 9.05. The number of nitrogens with zero attached hydrogens (tertiary/aromatic N) is 1. The van der Waals surface area contributed by atoms with Gasteiger partial charge in [-0.3, -0.25) is 0 Å². The molecule has 1 unspecified atom stereocenters. The van der Waals surface area contributed by atoms with E-state index < -0.39 is 5.60 Å². The van der Waals surface area contributed by atoms with Gasteiger partial charge < -0.3 is 5.11 Å². The van der Waals surface area contributed by atoms with E-state index >= 15 is 0 Å². The molecule has 1 aromatic carbocycles. The Labute approximate surface area is 118 Å². The quantitative estimate of drug-likeness (QED) is 0.922. The lowest BCUT2D eigenvalue weighted by molar-refractivity contribution is 0.0585. The van der Waals surface area contributed by atoms with Crippen LogP contribution in [-0.4, -0.2) is 5.11 Å². The third kappa shape index (κ3) is 3.23. The SMILES string of the molecule is CCc1ccc(CC(C)(O)c2ccc(C#N)cc2)s1. The van der Waals surface area contributed by atoms with Gasteiger partial charge in [-0.25, -0.2) is 0 Å². The molecule has 98 valence electrons. The summed E-state index contributed by atoms with van der Waals surface area (Å²) in [6, 6.07) is 13.4. The summed E-state index contributed by atoms with van der Waals surface area (Å²) in [5, 5.41) is 19.4. The zero-order valence-corrected chi connectivity index (χ0v) is 12.0. The first-order valence-corrected chi connectivity index (χ1v) is 7.17. The number of aliphatic hydroxyl groups is 1. The third-order valence-electron chi connectivity index (χ3n) is 3.22. The second kappa shape index (κ2) is 5.56. The summed E-state index contributed by atoms with van der Waals surface area (Å²) in [7, 11) is 0. The van der Waals surface area contributed by atoms with Crippen LogP contribution in [0.1, 0.15) is 34.7 Å². The van der Waals surface area contributed by atoms with Crippen molar-refractivity contribution in [3.63, 3.8) is 0 Å². The molecule has 3 heteroatoms. The molecule has 2 aromatic rings. The van der Waals surface area contributed by atoms with E-state index in [9.17, 15) is 5.11 Å². The van der Waals surface area contributed by atoms with Crippen LogP contribution < -0.4 is 0 Å². The minimum atomic E-state index is -0.899. The summed E-state index contributed by atoms with van der Waals surface area (Å²) in [5.74, 6) is 0. The Kier molecular flexibility index (Phi) is 4.04. The van der Waals surface area contributed by atoms with Gasteiger partial charge in [0.15, 0.2) is 0 Å². The lowest BCUT2D eigenvalue weighted by Crippen LogP contribution is -2.23. The van der Waals surface area contributed by atoms with Crippen LogP contribution in [0.5, 0.6) is 0 Å². The van der Waals surface area contributed by atoms with Gasteiger partial charge in [-0.05, 0) is 43.2 Å². The van der Waals surface area contributed by atoms with Gasteiger partial charge in [-0.15, -0.1) is 11.3 Å². The van der Waals surface area contributed by atoms with Crippen LogP contribution >= 0.6 is 11.3 Å². The molecule has 0 aliphatic rings. The first-order valence-electron chi connectivity index (χ1n) is 6.36.